The van der Waals surface area contributed by atoms with Crippen molar-refractivity contribution in [3.63, 3.8) is 0 Å². The molecule has 1 aliphatic heterocycles. The van der Waals surface area contributed by atoms with Crippen molar-refractivity contribution in [2.75, 3.05) is 19.7 Å². The molecule has 0 spiro atoms. The van der Waals surface area contributed by atoms with E-state index in [4.69, 9.17) is 4.74 Å². The Hall–Kier alpha value is -3.34. The largest absolute Gasteiger partial charge is 0.493 e. The van der Waals surface area contributed by atoms with Crippen LogP contribution in [0, 0.1) is 11.8 Å². The van der Waals surface area contributed by atoms with Crippen molar-refractivity contribution in [1.82, 2.24) is 4.90 Å². The quantitative estimate of drug-likeness (QED) is 0.659. The number of ether oxygens (including phenoxy) is 1. The van der Waals surface area contributed by atoms with Crippen LogP contribution in [-0.4, -0.2) is 41.6 Å². The van der Waals surface area contributed by atoms with E-state index in [1.807, 2.05) is 77.7 Å². The fourth-order valence-electron chi connectivity index (χ4n) is 4.20. The molecule has 0 saturated carbocycles. The Kier molecular flexibility index (Phi) is 5.98. The van der Waals surface area contributed by atoms with Gasteiger partial charge >= 0.3 is 5.97 Å². The fraction of sp³-hybridized carbons (Fsp3) is 0.280. The van der Waals surface area contributed by atoms with E-state index in [2.05, 4.69) is 0 Å². The van der Waals surface area contributed by atoms with Crippen LogP contribution in [0.4, 0.5) is 0 Å². The van der Waals surface area contributed by atoms with Crippen LogP contribution in [0.1, 0.15) is 23.2 Å². The number of piperidine rings is 1. The van der Waals surface area contributed by atoms with Crippen molar-refractivity contribution < 1.29 is 19.4 Å². The third kappa shape index (κ3) is 4.30. The van der Waals surface area contributed by atoms with E-state index in [1.54, 1.807) is 0 Å². The molecule has 1 aliphatic rings. The van der Waals surface area contributed by atoms with Crippen LogP contribution in [0.2, 0.25) is 0 Å². The molecular formula is C25H25NO4. The number of aliphatic carboxylic acids is 1. The zero-order valence-electron chi connectivity index (χ0n) is 16.7. The van der Waals surface area contributed by atoms with Gasteiger partial charge < -0.3 is 14.7 Å². The number of nitrogens with zero attached hydrogens (tertiary/aromatic N) is 1. The summed E-state index contributed by atoms with van der Waals surface area (Å²) in [5, 5.41) is 11.7. The van der Waals surface area contributed by atoms with Crippen molar-refractivity contribution >= 4 is 22.6 Å². The molecule has 1 fully saturated rings. The molecule has 1 saturated heterocycles. The summed E-state index contributed by atoms with van der Waals surface area (Å²) in [4.78, 5) is 26.8. The van der Waals surface area contributed by atoms with E-state index in [0.717, 1.165) is 10.8 Å². The first-order valence-electron chi connectivity index (χ1n) is 10.3. The lowest BCUT2D eigenvalue weighted by molar-refractivity contribution is -0.145. The number of hydrogen-bond acceptors (Lipinski definition) is 3. The van der Waals surface area contributed by atoms with E-state index in [9.17, 15) is 14.7 Å². The van der Waals surface area contributed by atoms with Crippen LogP contribution >= 0.6 is 0 Å². The van der Waals surface area contributed by atoms with Gasteiger partial charge in [-0.3, -0.25) is 9.59 Å². The standard InChI is InChI=1S/C25H25NO4/c27-24(22-12-6-8-18-7-4-5-11-21(18)22)26-15-13-19(14-16-26)23(25(28)29)17-30-20-9-2-1-3-10-20/h1-12,19,23H,13-17H2,(H,28,29). The number of rotatable bonds is 6. The first-order valence-corrected chi connectivity index (χ1v) is 10.3. The molecule has 4 rings (SSSR count). The molecule has 1 heterocycles. The second-order valence-electron chi connectivity index (χ2n) is 7.73. The second kappa shape index (κ2) is 8.99. The molecule has 30 heavy (non-hydrogen) atoms. The first kappa shape index (κ1) is 20.0. The van der Waals surface area contributed by atoms with E-state index in [0.29, 0.717) is 37.2 Å². The highest BCUT2D eigenvalue weighted by Gasteiger charge is 2.33. The molecule has 1 amide bonds. The molecule has 0 radical (unpaired) electrons. The number of carbonyl (C=O) groups excluding carboxylic acids is 1. The summed E-state index contributed by atoms with van der Waals surface area (Å²) < 4.78 is 5.71. The summed E-state index contributed by atoms with van der Waals surface area (Å²) in [6.07, 6.45) is 1.32. The molecule has 5 nitrogen and oxygen atoms in total. The van der Waals surface area contributed by atoms with E-state index in [1.165, 1.54) is 0 Å². The summed E-state index contributed by atoms with van der Waals surface area (Å²) in [7, 11) is 0. The number of amides is 1. The monoisotopic (exact) mass is 403 g/mol. The van der Waals surface area contributed by atoms with E-state index < -0.39 is 11.9 Å². The van der Waals surface area contributed by atoms with Crippen molar-refractivity contribution in [3.8, 4) is 5.75 Å². The predicted molar refractivity (Wildman–Crippen MR) is 116 cm³/mol. The third-order valence-corrected chi connectivity index (χ3v) is 5.91. The molecule has 0 bridgehead atoms. The lowest BCUT2D eigenvalue weighted by Crippen LogP contribution is -2.42. The van der Waals surface area contributed by atoms with Gasteiger partial charge in [0.25, 0.3) is 5.91 Å². The molecule has 5 heteroatoms. The first-order chi connectivity index (χ1) is 14.6. The molecule has 0 aromatic heterocycles. The topological polar surface area (TPSA) is 66.8 Å². The van der Waals surface area contributed by atoms with Gasteiger partial charge in [-0.15, -0.1) is 0 Å². The van der Waals surface area contributed by atoms with Gasteiger partial charge in [0.1, 0.15) is 12.4 Å². The highest BCUT2D eigenvalue weighted by Crippen LogP contribution is 2.28. The minimum atomic E-state index is -0.843. The number of benzene rings is 3. The Bertz CT molecular complexity index is 1020. The summed E-state index contributed by atoms with van der Waals surface area (Å²) in [6, 6.07) is 22.9. The molecule has 1 unspecified atom stereocenters. The normalized spacial score (nSPS) is 15.7. The summed E-state index contributed by atoms with van der Waals surface area (Å²) >= 11 is 0. The van der Waals surface area contributed by atoms with Crippen LogP contribution in [0.5, 0.6) is 5.75 Å². The average molecular weight is 403 g/mol. The number of fused-ring (bicyclic) bond motifs is 1. The SMILES string of the molecule is O=C(O)C(COc1ccccc1)C1CCN(C(=O)c2cccc3ccccc23)CC1. The Morgan fingerprint density at radius 2 is 1.60 bits per heavy atom. The number of carboxylic acids is 1. The Balaban J connectivity index is 1.40. The van der Waals surface area contributed by atoms with Crippen molar-refractivity contribution in [2.24, 2.45) is 11.8 Å². The smallest absolute Gasteiger partial charge is 0.310 e. The number of carboxylic acid groups (broad SMARTS) is 1. The van der Waals surface area contributed by atoms with Crippen LogP contribution in [-0.2, 0) is 4.79 Å². The summed E-state index contributed by atoms with van der Waals surface area (Å²) in [5.41, 5.74) is 0.703. The summed E-state index contributed by atoms with van der Waals surface area (Å²) in [6.45, 7) is 1.25. The molecule has 1 atom stereocenters. The highest BCUT2D eigenvalue weighted by atomic mass is 16.5. The third-order valence-electron chi connectivity index (χ3n) is 5.91. The molecule has 3 aromatic rings. The van der Waals surface area contributed by atoms with Crippen LogP contribution < -0.4 is 4.74 Å². The Labute approximate surface area is 175 Å². The molecule has 1 N–H and O–H groups in total. The molecule has 0 aliphatic carbocycles. The van der Waals surface area contributed by atoms with E-state index in [-0.39, 0.29) is 18.4 Å². The zero-order chi connectivity index (χ0) is 20.9. The number of likely N-dealkylation sites (tertiary alicyclic amines) is 1. The maximum atomic E-state index is 13.1. The van der Waals surface area contributed by atoms with Gasteiger partial charge in [0.05, 0.1) is 5.92 Å². The predicted octanol–water partition coefficient (Wildman–Crippen LogP) is 4.47. The van der Waals surface area contributed by atoms with Gasteiger partial charge in [0.15, 0.2) is 0 Å². The lowest BCUT2D eigenvalue weighted by atomic mass is 9.84. The van der Waals surface area contributed by atoms with Crippen molar-refractivity contribution in [1.29, 1.82) is 0 Å². The van der Waals surface area contributed by atoms with Gasteiger partial charge in [-0.1, -0.05) is 54.6 Å². The number of hydrogen-bond donors (Lipinski definition) is 1. The Morgan fingerprint density at radius 3 is 2.33 bits per heavy atom. The fourth-order valence-corrected chi connectivity index (χ4v) is 4.20. The van der Waals surface area contributed by atoms with Crippen LogP contribution in [0.15, 0.2) is 72.8 Å². The summed E-state index contributed by atoms with van der Waals surface area (Å²) in [5.74, 6) is -0.752. The molecule has 154 valence electrons. The van der Waals surface area contributed by atoms with Gasteiger partial charge in [-0.2, -0.15) is 0 Å². The Morgan fingerprint density at radius 1 is 0.933 bits per heavy atom. The number of para-hydroxylation sites is 1. The van der Waals surface area contributed by atoms with Gasteiger partial charge in [0, 0.05) is 18.7 Å². The molecule has 3 aromatic carbocycles. The van der Waals surface area contributed by atoms with Crippen molar-refractivity contribution in [3.05, 3.63) is 78.4 Å². The highest BCUT2D eigenvalue weighted by molar-refractivity contribution is 6.07. The maximum absolute atomic E-state index is 13.1. The van der Waals surface area contributed by atoms with Crippen LogP contribution in [0.3, 0.4) is 0 Å². The zero-order valence-corrected chi connectivity index (χ0v) is 16.7. The second-order valence-corrected chi connectivity index (χ2v) is 7.73. The maximum Gasteiger partial charge on any atom is 0.310 e. The van der Waals surface area contributed by atoms with Gasteiger partial charge in [-0.25, -0.2) is 0 Å². The minimum absolute atomic E-state index is 0.0113. The van der Waals surface area contributed by atoms with Gasteiger partial charge in [0.2, 0.25) is 0 Å². The molecular weight excluding hydrogens is 378 g/mol. The van der Waals surface area contributed by atoms with Crippen molar-refractivity contribution in [2.45, 2.75) is 12.8 Å². The minimum Gasteiger partial charge on any atom is -0.493 e. The van der Waals surface area contributed by atoms with E-state index >= 15 is 0 Å². The number of carbonyl (C=O) groups is 2. The van der Waals surface area contributed by atoms with Gasteiger partial charge in [-0.05, 0) is 47.7 Å². The average Bonchev–Trinajstić information content (AvgIpc) is 2.79. The van der Waals surface area contributed by atoms with Crippen LogP contribution in [0.25, 0.3) is 10.8 Å². The lowest BCUT2D eigenvalue weighted by Gasteiger charge is -2.34.